The maximum atomic E-state index is 11.9. The van der Waals surface area contributed by atoms with Crippen LogP contribution in [0.3, 0.4) is 0 Å². The Balaban J connectivity index is 2.03. The first-order valence-electron chi connectivity index (χ1n) is 7.31. The molecule has 2 aromatic rings. The van der Waals surface area contributed by atoms with Gasteiger partial charge in [-0.1, -0.05) is 6.07 Å². The number of carbonyl (C=O) groups excluding carboxylic acids is 1. The number of carbonyl (C=O) groups is 1. The van der Waals surface area contributed by atoms with Crippen molar-refractivity contribution in [2.24, 2.45) is 0 Å². The molecule has 23 heavy (non-hydrogen) atoms. The van der Waals surface area contributed by atoms with E-state index in [0.717, 1.165) is 5.56 Å². The number of ether oxygens (including phenoxy) is 2. The second-order valence-corrected chi connectivity index (χ2v) is 6.13. The summed E-state index contributed by atoms with van der Waals surface area (Å²) in [4.78, 5) is 16.0. The summed E-state index contributed by atoms with van der Waals surface area (Å²) < 4.78 is 11.1. The fraction of sp³-hybridized carbons (Fsp3) is 0.375. The number of benzene rings is 1. The van der Waals surface area contributed by atoms with Crippen molar-refractivity contribution in [3.05, 3.63) is 35.3 Å². The first kappa shape index (κ1) is 17.1. The first-order chi connectivity index (χ1) is 11.0. The standard InChI is InChI=1S/C16H21N3O3S/c1-10(2)22-13-6-5-12(9-14(13)21-4)11(3)18-15(20)19-16-17-7-8-23-16/h5-11H,1-4H3,(H2,17,18,19,20). The number of nitrogens with zero attached hydrogens (tertiary/aromatic N) is 1. The highest BCUT2D eigenvalue weighted by atomic mass is 32.1. The summed E-state index contributed by atoms with van der Waals surface area (Å²) in [7, 11) is 1.60. The number of anilines is 1. The molecule has 0 spiro atoms. The zero-order valence-electron chi connectivity index (χ0n) is 13.6. The molecule has 0 aliphatic carbocycles. The molecule has 6 nitrogen and oxygen atoms in total. The van der Waals surface area contributed by atoms with Crippen molar-refractivity contribution in [3.8, 4) is 11.5 Å². The van der Waals surface area contributed by atoms with E-state index in [9.17, 15) is 4.79 Å². The number of rotatable bonds is 6. The van der Waals surface area contributed by atoms with Gasteiger partial charge in [0.05, 0.1) is 19.3 Å². The third-order valence-corrected chi connectivity index (χ3v) is 3.74. The van der Waals surface area contributed by atoms with Crippen LogP contribution in [0, 0.1) is 0 Å². The van der Waals surface area contributed by atoms with E-state index in [1.165, 1.54) is 11.3 Å². The van der Waals surface area contributed by atoms with Gasteiger partial charge in [-0.3, -0.25) is 5.32 Å². The Kier molecular flexibility index (Phi) is 5.81. The van der Waals surface area contributed by atoms with E-state index in [4.69, 9.17) is 9.47 Å². The van der Waals surface area contributed by atoms with Gasteiger partial charge in [-0.25, -0.2) is 9.78 Å². The van der Waals surface area contributed by atoms with Crippen LogP contribution in [-0.2, 0) is 0 Å². The second-order valence-electron chi connectivity index (χ2n) is 5.23. The van der Waals surface area contributed by atoms with Crippen LogP contribution in [0.2, 0.25) is 0 Å². The molecule has 2 rings (SSSR count). The molecule has 0 saturated heterocycles. The summed E-state index contributed by atoms with van der Waals surface area (Å²) in [6, 6.07) is 5.15. The first-order valence-corrected chi connectivity index (χ1v) is 8.19. The normalized spacial score (nSPS) is 11.9. The lowest BCUT2D eigenvalue weighted by Gasteiger charge is -2.18. The van der Waals surface area contributed by atoms with Crippen molar-refractivity contribution in [1.82, 2.24) is 10.3 Å². The van der Waals surface area contributed by atoms with Gasteiger partial charge in [0.25, 0.3) is 0 Å². The highest BCUT2D eigenvalue weighted by Gasteiger charge is 2.14. The van der Waals surface area contributed by atoms with Gasteiger partial charge in [0.15, 0.2) is 16.6 Å². The van der Waals surface area contributed by atoms with Gasteiger partial charge in [-0.2, -0.15) is 0 Å². The zero-order chi connectivity index (χ0) is 16.8. The molecule has 0 aliphatic heterocycles. The molecule has 1 aromatic carbocycles. The number of methoxy groups -OCH3 is 1. The predicted octanol–water partition coefficient (Wildman–Crippen LogP) is 3.82. The Morgan fingerprint density at radius 1 is 1.26 bits per heavy atom. The van der Waals surface area contributed by atoms with Crippen LogP contribution in [0.25, 0.3) is 0 Å². The van der Waals surface area contributed by atoms with Crippen molar-refractivity contribution in [2.75, 3.05) is 12.4 Å². The highest BCUT2D eigenvalue weighted by Crippen LogP contribution is 2.31. The van der Waals surface area contributed by atoms with Crippen molar-refractivity contribution in [2.45, 2.75) is 32.9 Å². The van der Waals surface area contributed by atoms with E-state index in [0.29, 0.717) is 16.6 Å². The van der Waals surface area contributed by atoms with Gasteiger partial charge in [0, 0.05) is 11.6 Å². The largest absolute Gasteiger partial charge is 0.493 e. The van der Waals surface area contributed by atoms with Crippen LogP contribution < -0.4 is 20.1 Å². The van der Waals surface area contributed by atoms with Crippen LogP contribution in [0.1, 0.15) is 32.4 Å². The van der Waals surface area contributed by atoms with Gasteiger partial charge >= 0.3 is 6.03 Å². The van der Waals surface area contributed by atoms with Crippen LogP contribution >= 0.6 is 11.3 Å². The number of hydrogen-bond acceptors (Lipinski definition) is 5. The summed E-state index contributed by atoms with van der Waals surface area (Å²) in [5, 5.41) is 7.92. The lowest BCUT2D eigenvalue weighted by atomic mass is 10.1. The van der Waals surface area contributed by atoms with E-state index in [1.807, 2.05) is 39.0 Å². The molecule has 1 unspecified atom stereocenters. The van der Waals surface area contributed by atoms with Crippen molar-refractivity contribution in [1.29, 1.82) is 0 Å². The quantitative estimate of drug-likeness (QED) is 0.842. The Bertz CT molecular complexity index is 644. The molecule has 0 aliphatic rings. The summed E-state index contributed by atoms with van der Waals surface area (Å²) in [5.41, 5.74) is 0.923. The fourth-order valence-corrected chi connectivity index (χ4v) is 2.53. The lowest BCUT2D eigenvalue weighted by molar-refractivity contribution is 0.230. The molecular formula is C16H21N3O3S. The molecule has 2 amide bonds. The number of urea groups is 1. The molecular weight excluding hydrogens is 314 g/mol. The summed E-state index contributed by atoms with van der Waals surface area (Å²) in [6.45, 7) is 5.82. The molecule has 124 valence electrons. The molecule has 0 radical (unpaired) electrons. The summed E-state index contributed by atoms with van der Waals surface area (Å²) in [6.07, 6.45) is 1.71. The maximum Gasteiger partial charge on any atom is 0.321 e. The molecule has 7 heteroatoms. The van der Waals surface area contributed by atoms with Crippen LogP contribution in [0.4, 0.5) is 9.93 Å². The smallest absolute Gasteiger partial charge is 0.321 e. The van der Waals surface area contributed by atoms with Gasteiger partial charge in [-0.15, -0.1) is 11.3 Å². The Labute approximate surface area is 139 Å². The van der Waals surface area contributed by atoms with Crippen LogP contribution in [0.5, 0.6) is 11.5 Å². The molecule has 1 atom stereocenters. The third-order valence-electron chi connectivity index (χ3n) is 3.05. The average molecular weight is 335 g/mol. The Morgan fingerprint density at radius 2 is 2.04 bits per heavy atom. The van der Waals surface area contributed by atoms with Crippen molar-refractivity contribution < 1.29 is 14.3 Å². The Morgan fingerprint density at radius 3 is 2.65 bits per heavy atom. The number of nitrogens with one attached hydrogen (secondary N) is 2. The maximum absolute atomic E-state index is 11.9. The topological polar surface area (TPSA) is 72.5 Å². The monoisotopic (exact) mass is 335 g/mol. The third kappa shape index (κ3) is 4.85. The minimum atomic E-state index is -0.297. The molecule has 1 aromatic heterocycles. The minimum Gasteiger partial charge on any atom is -0.493 e. The summed E-state index contributed by atoms with van der Waals surface area (Å²) >= 11 is 1.37. The van der Waals surface area contributed by atoms with E-state index in [1.54, 1.807) is 18.7 Å². The van der Waals surface area contributed by atoms with Crippen molar-refractivity contribution >= 4 is 22.5 Å². The molecule has 2 N–H and O–H groups in total. The van der Waals surface area contributed by atoms with Crippen LogP contribution in [0.15, 0.2) is 29.8 Å². The molecule has 0 bridgehead atoms. The highest BCUT2D eigenvalue weighted by molar-refractivity contribution is 7.13. The lowest BCUT2D eigenvalue weighted by Crippen LogP contribution is -2.31. The molecule has 0 saturated carbocycles. The van der Waals surface area contributed by atoms with Gasteiger partial charge in [-0.05, 0) is 38.5 Å². The SMILES string of the molecule is COc1cc(C(C)NC(=O)Nc2nccs2)ccc1OC(C)C. The number of amides is 2. The van der Waals surface area contributed by atoms with Gasteiger partial charge in [0.2, 0.25) is 0 Å². The van der Waals surface area contributed by atoms with E-state index in [2.05, 4.69) is 15.6 Å². The fourth-order valence-electron chi connectivity index (χ4n) is 2.00. The van der Waals surface area contributed by atoms with E-state index >= 15 is 0 Å². The zero-order valence-corrected chi connectivity index (χ0v) is 14.4. The second kappa shape index (κ2) is 7.82. The molecule has 1 heterocycles. The minimum absolute atomic E-state index is 0.0642. The predicted molar refractivity (Wildman–Crippen MR) is 91.4 cm³/mol. The van der Waals surface area contributed by atoms with Gasteiger partial charge < -0.3 is 14.8 Å². The van der Waals surface area contributed by atoms with Crippen LogP contribution in [-0.4, -0.2) is 24.2 Å². The van der Waals surface area contributed by atoms with E-state index < -0.39 is 0 Å². The number of hydrogen-bond donors (Lipinski definition) is 2. The van der Waals surface area contributed by atoms with Gasteiger partial charge in [0.1, 0.15) is 0 Å². The number of aromatic nitrogens is 1. The van der Waals surface area contributed by atoms with E-state index in [-0.39, 0.29) is 18.2 Å². The summed E-state index contributed by atoms with van der Waals surface area (Å²) in [5.74, 6) is 1.33. The Hall–Kier alpha value is -2.28. The number of thiazole rings is 1. The van der Waals surface area contributed by atoms with Crippen molar-refractivity contribution in [3.63, 3.8) is 0 Å². The average Bonchev–Trinajstić information content (AvgIpc) is 2.99. The molecule has 0 fully saturated rings.